The molecule has 0 aromatic heterocycles. The molecular formula is C36H61N5O5. The lowest BCUT2D eigenvalue weighted by atomic mass is 9.73. The number of likely N-dealkylation sites (tertiary alicyclic amines) is 1. The number of fused-ring (bicyclic) bond motifs is 1. The van der Waals surface area contributed by atoms with E-state index >= 15 is 0 Å². The minimum absolute atomic E-state index is 0.0169. The third-order valence-corrected chi connectivity index (χ3v) is 13.0. The van der Waals surface area contributed by atoms with E-state index in [-0.39, 0.29) is 52.0 Å². The van der Waals surface area contributed by atoms with Crippen molar-refractivity contribution in [1.82, 2.24) is 26.2 Å². The molecule has 46 heavy (non-hydrogen) atoms. The molecule has 5 N–H and O–H groups in total. The summed E-state index contributed by atoms with van der Waals surface area (Å²) in [6.07, 6.45) is 10.9. The van der Waals surface area contributed by atoms with E-state index in [0.29, 0.717) is 25.8 Å². The molecule has 4 amide bonds. The van der Waals surface area contributed by atoms with E-state index in [1.165, 1.54) is 6.42 Å². The number of hydrogen-bond acceptors (Lipinski definition) is 6. The van der Waals surface area contributed by atoms with E-state index in [4.69, 9.17) is 0 Å². The van der Waals surface area contributed by atoms with E-state index in [0.717, 1.165) is 57.8 Å². The Kier molecular flexibility index (Phi) is 9.94. The van der Waals surface area contributed by atoms with Crippen molar-refractivity contribution in [3.63, 3.8) is 0 Å². The van der Waals surface area contributed by atoms with Crippen molar-refractivity contribution in [3.8, 4) is 0 Å². The highest BCUT2D eigenvalue weighted by molar-refractivity contribution is 5.95. The summed E-state index contributed by atoms with van der Waals surface area (Å²) in [7, 11) is 1.82. The van der Waals surface area contributed by atoms with Crippen LogP contribution in [-0.2, 0) is 19.2 Å². The zero-order chi connectivity index (χ0) is 33.7. The van der Waals surface area contributed by atoms with Gasteiger partial charge in [-0.15, -0.1) is 0 Å². The van der Waals surface area contributed by atoms with Gasteiger partial charge in [0.05, 0.1) is 12.1 Å². The number of nitrogens with one attached hydrogen (secondary N) is 4. The molecule has 4 saturated carbocycles. The Balaban J connectivity index is 1.39. The van der Waals surface area contributed by atoms with Gasteiger partial charge in [-0.05, 0) is 80.6 Å². The first-order valence-electron chi connectivity index (χ1n) is 18.2. The number of amides is 4. The van der Waals surface area contributed by atoms with Crippen LogP contribution in [-0.4, -0.2) is 83.5 Å². The molecular weight excluding hydrogens is 582 g/mol. The summed E-state index contributed by atoms with van der Waals surface area (Å²) in [5, 5.41) is 23.3. The van der Waals surface area contributed by atoms with Gasteiger partial charge in [0.1, 0.15) is 12.1 Å². The molecule has 5 aliphatic rings. The smallest absolute Gasteiger partial charge is 0.251 e. The number of aliphatic hydroxyl groups is 1. The summed E-state index contributed by atoms with van der Waals surface area (Å²) >= 11 is 0. The lowest BCUT2D eigenvalue weighted by molar-refractivity contribution is -0.145. The van der Waals surface area contributed by atoms with Gasteiger partial charge in [0.2, 0.25) is 17.7 Å². The molecule has 0 aromatic carbocycles. The second-order valence-corrected chi connectivity index (χ2v) is 16.9. The van der Waals surface area contributed by atoms with E-state index < -0.39 is 35.6 Å². The average Bonchev–Trinajstić information content (AvgIpc) is 3.80. The van der Waals surface area contributed by atoms with Crippen molar-refractivity contribution in [2.75, 3.05) is 13.6 Å². The van der Waals surface area contributed by atoms with Crippen molar-refractivity contribution in [2.24, 2.45) is 27.6 Å². The number of rotatable bonds is 12. The van der Waals surface area contributed by atoms with Gasteiger partial charge < -0.3 is 31.3 Å². The van der Waals surface area contributed by atoms with Crippen LogP contribution >= 0.6 is 0 Å². The lowest BCUT2D eigenvalue weighted by Crippen LogP contribution is -2.61. The van der Waals surface area contributed by atoms with Crippen LogP contribution in [0.3, 0.4) is 0 Å². The number of hydrogen-bond donors (Lipinski definition) is 5. The lowest BCUT2D eigenvalue weighted by Gasteiger charge is -2.38. The summed E-state index contributed by atoms with van der Waals surface area (Å²) in [6.45, 7) is 12.9. The van der Waals surface area contributed by atoms with Gasteiger partial charge in [-0.2, -0.15) is 0 Å². The molecule has 4 aliphatic carbocycles. The average molecular weight is 644 g/mol. The summed E-state index contributed by atoms with van der Waals surface area (Å²) in [5.74, 6) is -0.942. The maximum atomic E-state index is 14.8. The third-order valence-electron chi connectivity index (χ3n) is 13.0. The highest BCUT2D eigenvalue weighted by atomic mass is 16.3. The second kappa shape index (κ2) is 13.0. The Morgan fingerprint density at radius 2 is 1.57 bits per heavy atom. The first-order chi connectivity index (χ1) is 21.6. The predicted octanol–water partition coefficient (Wildman–Crippen LogP) is 3.41. The van der Waals surface area contributed by atoms with Crippen LogP contribution in [0.4, 0.5) is 0 Å². The largest absolute Gasteiger partial charge is 0.381 e. The minimum atomic E-state index is -1.36. The molecule has 3 unspecified atom stereocenters. The highest BCUT2D eigenvalue weighted by Crippen LogP contribution is 2.88. The molecule has 5 fully saturated rings. The molecule has 5 rings (SSSR count). The van der Waals surface area contributed by atoms with E-state index in [1.807, 2.05) is 34.7 Å². The van der Waals surface area contributed by atoms with Crippen LogP contribution in [0, 0.1) is 27.6 Å². The van der Waals surface area contributed by atoms with E-state index in [1.54, 1.807) is 4.90 Å². The van der Waals surface area contributed by atoms with Crippen LogP contribution in [0.25, 0.3) is 0 Å². The van der Waals surface area contributed by atoms with Gasteiger partial charge >= 0.3 is 0 Å². The number of carbonyl (C=O) groups is 4. The fourth-order valence-electron chi connectivity index (χ4n) is 9.75. The first kappa shape index (κ1) is 35.1. The van der Waals surface area contributed by atoms with Gasteiger partial charge in [0.15, 0.2) is 6.10 Å². The number of nitrogens with zero attached hydrogens (tertiary/aromatic N) is 1. The summed E-state index contributed by atoms with van der Waals surface area (Å²) in [4.78, 5) is 57.4. The Hall–Kier alpha value is -2.20. The quantitative estimate of drug-likeness (QED) is 0.221. The molecule has 0 bridgehead atoms. The SMILES string of the molecule is CCCC(NC(=O)[C@@H]1CC2(CN1C(=O)[C@@H](NC(=O)[C@@H](NC)C1CCCCC1)C(C)(C)C)C(C)(C)C21CCC1)C(O)C(=O)NC1CC1. The molecule has 10 nitrogen and oxygen atoms in total. The molecule has 1 saturated heterocycles. The zero-order valence-corrected chi connectivity index (χ0v) is 29.5. The zero-order valence-electron chi connectivity index (χ0n) is 29.5. The second-order valence-electron chi connectivity index (χ2n) is 16.9. The molecule has 10 heteroatoms. The molecule has 260 valence electrons. The summed E-state index contributed by atoms with van der Waals surface area (Å²) < 4.78 is 0. The number of carbonyl (C=O) groups excluding carboxylic acids is 4. The van der Waals surface area contributed by atoms with Crippen molar-refractivity contribution in [2.45, 2.75) is 161 Å². The minimum Gasteiger partial charge on any atom is -0.381 e. The Morgan fingerprint density at radius 3 is 2.07 bits per heavy atom. The maximum absolute atomic E-state index is 14.8. The third kappa shape index (κ3) is 6.10. The number of aliphatic hydroxyl groups excluding tert-OH is 1. The molecule has 2 spiro atoms. The predicted molar refractivity (Wildman–Crippen MR) is 177 cm³/mol. The fourth-order valence-corrected chi connectivity index (χ4v) is 9.75. The maximum Gasteiger partial charge on any atom is 0.251 e. The van der Waals surface area contributed by atoms with Crippen molar-refractivity contribution < 1.29 is 24.3 Å². The van der Waals surface area contributed by atoms with Crippen LogP contribution in [0.5, 0.6) is 0 Å². The topological polar surface area (TPSA) is 140 Å². The van der Waals surface area contributed by atoms with Gasteiger partial charge in [-0.3, -0.25) is 19.2 Å². The molecule has 0 aromatic rings. The molecule has 1 heterocycles. The van der Waals surface area contributed by atoms with Crippen molar-refractivity contribution >= 4 is 23.6 Å². The van der Waals surface area contributed by atoms with Crippen LogP contribution in [0.2, 0.25) is 0 Å². The Bertz CT molecular complexity index is 1170. The first-order valence-corrected chi connectivity index (χ1v) is 18.2. The van der Waals surface area contributed by atoms with Gasteiger partial charge in [0.25, 0.3) is 5.91 Å². The van der Waals surface area contributed by atoms with Crippen LogP contribution < -0.4 is 21.3 Å². The van der Waals surface area contributed by atoms with Gasteiger partial charge in [-0.1, -0.05) is 73.6 Å². The van der Waals surface area contributed by atoms with E-state index in [2.05, 4.69) is 35.1 Å². The van der Waals surface area contributed by atoms with E-state index in [9.17, 15) is 24.3 Å². The van der Waals surface area contributed by atoms with Crippen LogP contribution in [0.15, 0.2) is 0 Å². The normalized spacial score (nSPS) is 29.4. The van der Waals surface area contributed by atoms with Crippen molar-refractivity contribution in [1.29, 1.82) is 0 Å². The Labute approximate surface area is 276 Å². The van der Waals surface area contributed by atoms with Gasteiger partial charge in [-0.25, -0.2) is 0 Å². The monoisotopic (exact) mass is 643 g/mol. The number of likely N-dealkylation sites (N-methyl/N-ethyl adjacent to an activating group) is 1. The summed E-state index contributed by atoms with van der Waals surface area (Å²) in [5.41, 5.74) is -0.681. The van der Waals surface area contributed by atoms with Crippen LogP contribution in [0.1, 0.15) is 125 Å². The standard InChI is InChI=1S/C36H61N5O5/c1-8-13-24(27(42)31(45)38-23-16-17-23)39-29(43)25-20-36(34(5,6)35(36)18-12-19-35)21-41(25)32(46)28(33(2,3)4)40-30(44)26(37-7)22-14-10-9-11-15-22/h22-28,37,42H,8-21H2,1-7H3,(H,38,45)(H,39,43)(H,40,44)/t24?,25-,26-,27?,28+,36?/m0/s1. The summed E-state index contributed by atoms with van der Waals surface area (Å²) in [6, 6.07) is -2.58. The highest BCUT2D eigenvalue weighted by Gasteiger charge is 2.85. The molecule has 0 radical (unpaired) electrons. The van der Waals surface area contributed by atoms with Crippen molar-refractivity contribution in [3.05, 3.63) is 0 Å². The van der Waals surface area contributed by atoms with Gasteiger partial charge in [0, 0.05) is 18.0 Å². The molecule has 1 aliphatic heterocycles. The molecule has 6 atom stereocenters. The fraction of sp³-hybridized carbons (Fsp3) is 0.889. The Morgan fingerprint density at radius 1 is 0.913 bits per heavy atom.